The highest BCUT2D eigenvalue weighted by molar-refractivity contribution is 9.09. The second kappa shape index (κ2) is 5.55. The number of halogens is 1. The molecule has 1 amide bonds. The predicted molar refractivity (Wildman–Crippen MR) is 37.8 cm³/mol. The first-order valence-electron chi connectivity index (χ1n) is 2.22. The lowest BCUT2D eigenvalue weighted by atomic mass is 10.9. The third-order valence-corrected chi connectivity index (χ3v) is 0.791. The monoisotopic (exact) mass is 194 g/mol. The number of alkyl halides is 1. The zero-order chi connectivity index (χ0) is 7.11. The SMILES string of the molecule is COC(=O)NN=CCBr. The molecule has 0 aromatic carbocycles. The van der Waals surface area contributed by atoms with Gasteiger partial charge in [-0.05, 0) is 0 Å². The molecule has 0 saturated carbocycles. The van der Waals surface area contributed by atoms with Crippen LogP contribution in [0.2, 0.25) is 0 Å². The maximum Gasteiger partial charge on any atom is 0.427 e. The largest absolute Gasteiger partial charge is 0.452 e. The number of methoxy groups -OCH3 is 1. The number of hydrogen-bond donors (Lipinski definition) is 1. The molecule has 9 heavy (non-hydrogen) atoms. The van der Waals surface area contributed by atoms with Crippen LogP contribution in [0.15, 0.2) is 5.10 Å². The van der Waals surface area contributed by atoms with Gasteiger partial charge < -0.3 is 4.74 Å². The predicted octanol–water partition coefficient (Wildman–Crippen LogP) is 0.723. The van der Waals surface area contributed by atoms with Gasteiger partial charge in [0.1, 0.15) is 0 Å². The molecule has 0 saturated heterocycles. The first kappa shape index (κ1) is 8.42. The average Bonchev–Trinajstić information content (AvgIpc) is 1.89. The van der Waals surface area contributed by atoms with Crippen LogP contribution >= 0.6 is 15.9 Å². The topological polar surface area (TPSA) is 50.7 Å². The van der Waals surface area contributed by atoms with E-state index in [9.17, 15) is 4.79 Å². The Balaban J connectivity index is 3.26. The first-order chi connectivity index (χ1) is 4.31. The second-order valence-corrected chi connectivity index (χ2v) is 1.72. The molecule has 0 bridgehead atoms. The van der Waals surface area contributed by atoms with Gasteiger partial charge in [0.2, 0.25) is 0 Å². The maximum absolute atomic E-state index is 10.2. The van der Waals surface area contributed by atoms with Gasteiger partial charge in [-0.15, -0.1) is 0 Å². The van der Waals surface area contributed by atoms with Crippen LogP contribution < -0.4 is 5.43 Å². The summed E-state index contributed by atoms with van der Waals surface area (Å²) >= 11 is 3.08. The zero-order valence-electron chi connectivity index (χ0n) is 4.93. The Hall–Kier alpha value is -0.580. The van der Waals surface area contributed by atoms with E-state index in [1.165, 1.54) is 13.3 Å². The number of ether oxygens (including phenoxy) is 1. The van der Waals surface area contributed by atoms with Crippen molar-refractivity contribution in [1.29, 1.82) is 0 Å². The quantitative estimate of drug-likeness (QED) is 0.401. The van der Waals surface area contributed by atoms with E-state index in [0.29, 0.717) is 5.33 Å². The molecule has 0 fully saturated rings. The van der Waals surface area contributed by atoms with E-state index in [0.717, 1.165) is 0 Å². The summed E-state index contributed by atoms with van der Waals surface area (Å²) in [5.41, 5.74) is 2.11. The standard InChI is InChI=1S/C4H7BrN2O2/c1-9-4(8)7-6-3-2-5/h3H,2H2,1H3,(H,7,8). The highest BCUT2D eigenvalue weighted by Gasteiger charge is 1.90. The maximum atomic E-state index is 10.2. The minimum absolute atomic E-state index is 0.563. The van der Waals surface area contributed by atoms with Gasteiger partial charge in [-0.3, -0.25) is 0 Å². The van der Waals surface area contributed by atoms with Crippen molar-refractivity contribution in [3.63, 3.8) is 0 Å². The van der Waals surface area contributed by atoms with Crippen molar-refractivity contribution in [1.82, 2.24) is 5.43 Å². The molecule has 1 N–H and O–H groups in total. The van der Waals surface area contributed by atoms with Crippen molar-refractivity contribution < 1.29 is 9.53 Å². The average molecular weight is 195 g/mol. The summed E-state index contributed by atoms with van der Waals surface area (Å²) in [5.74, 6) is 0. The van der Waals surface area contributed by atoms with E-state index in [1.54, 1.807) is 0 Å². The number of carbonyl (C=O) groups is 1. The Morgan fingerprint density at radius 1 is 2.00 bits per heavy atom. The Bertz CT molecular complexity index is 115. The van der Waals surface area contributed by atoms with E-state index in [4.69, 9.17) is 0 Å². The fraction of sp³-hybridized carbons (Fsp3) is 0.500. The number of hydrazone groups is 1. The van der Waals surface area contributed by atoms with Crippen molar-refractivity contribution in [2.45, 2.75) is 0 Å². The summed E-state index contributed by atoms with van der Waals surface area (Å²) in [5, 5.41) is 4.07. The minimum Gasteiger partial charge on any atom is -0.452 e. The normalized spacial score (nSPS) is 9.56. The van der Waals surface area contributed by atoms with Gasteiger partial charge in [0, 0.05) is 11.5 Å². The minimum atomic E-state index is -0.563. The summed E-state index contributed by atoms with van der Waals surface area (Å²) in [4.78, 5) is 10.2. The molecule has 0 aliphatic rings. The van der Waals surface area contributed by atoms with Gasteiger partial charge >= 0.3 is 6.09 Å². The van der Waals surface area contributed by atoms with Gasteiger partial charge in [0.25, 0.3) is 0 Å². The Labute approximate surface area is 61.4 Å². The molecule has 0 unspecified atom stereocenters. The highest BCUT2D eigenvalue weighted by atomic mass is 79.9. The van der Waals surface area contributed by atoms with Crippen LogP contribution in [-0.2, 0) is 4.74 Å². The van der Waals surface area contributed by atoms with E-state index in [-0.39, 0.29) is 0 Å². The van der Waals surface area contributed by atoms with Crippen LogP contribution in [0.5, 0.6) is 0 Å². The van der Waals surface area contributed by atoms with Crippen LogP contribution in [0, 0.1) is 0 Å². The van der Waals surface area contributed by atoms with E-state index in [2.05, 4.69) is 31.2 Å². The lowest BCUT2D eigenvalue weighted by molar-refractivity contribution is 0.171. The highest BCUT2D eigenvalue weighted by Crippen LogP contribution is 1.73. The van der Waals surface area contributed by atoms with E-state index < -0.39 is 6.09 Å². The Morgan fingerprint density at radius 3 is 3.11 bits per heavy atom. The van der Waals surface area contributed by atoms with Crippen molar-refractivity contribution in [2.75, 3.05) is 12.4 Å². The molecule has 0 atom stereocenters. The first-order valence-corrected chi connectivity index (χ1v) is 3.35. The summed E-state index contributed by atoms with van der Waals surface area (Å²) < 4.78 is 4.22. The summed E-state index contributed by atoms with van der Waals surface area (Å²) in [6, 6.07) is 0. The lowest BCUT2D eigenvalue weighted by Crippen LogP contribution is -2.16. The number of nitrogens with one attached hydrogen (secondary N) is 1. The molecule has 0 radical (unpaired) electrons. The molecule has 0 spiro atoms. The molecular weight excluding hydrogens is 188 g/mol. The molecule has 5 heteroatoms. The van der Waals surface area contributed by atoms with Gasteiger partial charge in [-0.2, -0.15) is 5.10 Å². The number of nitrogens with zero attached hydrogens (tertiary/aromatic N) is 1. The third kappa shape index (κ3) is 5.29. The molecule has 4 nitrogen and oxygen atoms in total. The van der Waals surface area contributed by atoms with Gasteiger partial charge in [0.15, 0.2) is 0 Å². The zero-order valence-corrected chi connectivity index (χ0v) is 6.51. The van der Waals surface area contributed by atoms with Crippen LogP contribution in [0.25, 0.3) is 0 Å². The van der Waals surface area contributed by atoms with E-state index in [1.807, 2.05) is 0 Å². The molecule has 0 aliphatic heterocycles. The van der Waals surface area contributed by atoms with Gasteiger partial charge in [-0.25, -0.2) is 10.2 Å². The van der Waals surface area contributed by atoms with Crippen molar-refractivity contribution in [2.24, 2.45) is 5.10 Å². The Kier molecular flexibility index (Phi) is 5.20. The third-order valence-electron chi connectivity index (χ3n) is 0.502. The summed E-state index contributed by atoms with van der Waals surface area (Å²) in [7, 11) is 1.28. The van der Waals surface area contributed by atoms with Gasteiger partial charge in [-0.1, -0.05) is 15.9 Å². The van der Waals surface area contributed by atoms with Crippen molar-refractivity contribution >= 4 is 28.2 Å². The van der Waals surface area contributed by atoms with Crippen molar-refractivity contribution in [3.05, 3.63) is 0 Å². The molecule has 52 valence electrons. The summed E-state index contributed by atoms with van der Waals surface area (Å²) in [6.45, 7) is 0. The summed E-state index contributed by atoms with van der Waals surface area (Å²) in [6.07, 6.45) is 0.934. The van der Waals surface area contributed by atoms with E-state index >= 15 is 0 Å². The van der Waals surface area contributed by atoms with Crippen LogP contribution in [0.3, 0.4) is 0 Å². The fourth-order valence-electron chi connectivity index (χ4n) is 0.178. The molecule has 0 heterocycles. The van der Waals surface area contributed by atoms with Crippen LogP contribution in [0.4, 0.5) is 4.79 Å². The number of amides is 1. The molecule has 0 aromatic heterocycles. The van der Waals surface area contributed by atoms with Gasteiger partial charge in [0.05, 0.1) is 7.11 Å². The molecular formula is C4H7BrN2O2. The lowest BCUT2D eigenvalue weighted by Gasteiger charge is -1.92. The second-order valence-electron chi connectivity index (χ2n) is 1.07. The molecule has 0 aromatic rings. The molecule has 0 aliphatic carbocycles. The van der Waals surface area contributed by atoms with Crippen molar-refractivity contribution in [3.8, 4) is 0 Å². The van der Waals surface area contributed by atoms with Crippen LogP contribution in [-0.4, -0.2) is 24.7 Å². The van der Waals surface area contributed by atoms with Crippen LogP contribution in [0.1, 0.15) is 0 Å². The number of hydrogen-bond acceptors (Lipinski definition) is 3. The smallest absolute Gasteiger partial charge is 0.427 e. The number of carbonyl (C=O) groups excluding carboxylic acids is 1. The number of rotatable bonds is 2. The Morgan fingerprint density at radius 2 is 2.67 bits per heavy atom. The molecule has 0 rings (SSSR count). The fourth-order valence-corrected chi connectivity index (χ4v) is 0.323.